The van der Waals surface area contributed by atoms with E-state index in [1.165, 1.54) is 0 Å². The van der Waals surface area contributed by atoms with Crippen LogP contribution in [-0.2, 0) is 103 Å². The van der Waals surface area contributed by atoms with Gasteiger partial charge < -0.3 is 101 Å². The largest absolute Gasteiger partial charge is 0.481 e. The van der Waals surface area contributed by atoms with Crippen molar-refractivity contribution in [1.82, 2.24) is 84.1 Å². The molecule has 0 saturated carbocycles. The molecule has 2 heterocycles. The number of aliphatic carboxylic acids is 4. The number of carboxylic acids is 4. The maximum Gasteiger partial charge on any atom is 0.305 e. The van der Waals surface area contributed by atoms with Crippen LogP contribution in [0.25, 0.3) is 0 Å². The Kier molecular flexibility index (Phi) is 37.0. The lowest BCUT2D eigenvalue weighted by Gasteiger charge is -2.26. The van der Waals surface area contributed by atoms with E-state index in [9.17, 15) is 97.1 Å². The molecule has 108 heavy (non-hydrogen) atoms. The first-order chi connectivity index (χ1) is 50.9. The molecule has 22 N–H and O–H groups in total. The molecular weight excluding hydrogens is 1410 g/mol. The third kappa shape index (κ3) is 34.5. The van der Waals surface area contributed by atoms with E-state index in [1.807, 2.05) is 0 Å². The first kappa shape index (κ1) is 88.7. The summed E-state index contributed by atoms with van der Waals surface area (Å²) in [6.07, 6.45) is -1.68. The van der Waals surface area contributed by atoms with Crippen molar-refractivity contribution in [2.75, 3.05) is 32.7 Å². The first-order valence-electron chi connectivity index (χ1n) is 35.1. The minimum absolute atomic E-state index is 0.00262. The van der Waals surface area contributed by atoms with Gasteiger partial charge in [-0.1, -0.05) is 100 Å². The van der Waals surface area contributed by atoms with Gasteiger partial charge in [-0.3, -0.25) is 86.8 Å². The van der Waals surface area contributed by atoms with Gasteiger partial charge in [0, 0.05) is 51.6 Å². The predicted molar refractivity (Wildman–Crippen MR) is 383 cm³/mol. The summed E-state index contributed by atoms with van der Waals surface area (Å²) in [5.41, 5.74) is 13.3. The molecule has 0 aliphatic carbocycles. The van der Waals surface area contributed by atoms with Crippen molar-refractivity contribution in [1.29, 1.82) is 5.41 Å². The summed E-state index contributed by atoms with van der Waals surface area (Å²) >= 11 is 0. The Hall–Kier alpha value is -11.7. The van der Waals surface area contributed by atoms with Crippen molar-refractivity contribution in [3.05, 3.63) is 83.7 Å². The molecule has 3 aromatic rings. The first-order valence-corrected chi connectivity index (χ1v) is 35.1. The summed E-state index contributed by atoms with van der Waals surface area (Å²) in [4.78, 5) is 213. The summed E-state index contributed by atoms with van der Waals surface area (Å²) in [6, 6.07) is 2.54. The number of carbonyl (C=O) groups excluding carboxylic acids is 12. The summed E-state index contributed by atoms with van der Waals surface area (Å²) in [7, 11) is 0. The molecule has 1 aromatic heterocycles. The molecule has 12 amide bonds. The fourth-order valence-electron chi connectivity index (χ4n) is 11.0. The number of nitrogens with zero attached hydrogens (tertiary/aromatic N) is 3. The highest BCUT2D eigenvalue weighted by Gasteiger charge is 2.37. The highest BCUT2D eigenvalue weighted by molar-refractivity contribution is 6.00. The number of benzene rings is 2. The normalized spacial score (nSPS) is 17.3. The van der Waals surface area contributed by atoms with Gasteiger partial charge in [-0.05, 0) is 73.8 Å². The average Bonchev–Trinajstić information content (AvgIpc) is 1.10. The van der Waals surface area contributed by atoms with Crippen molar-refractivity contribution in [3.63, 3.8) is 0 Å². The third-order valence-corrected chi connectivity index (χ3v) is 16.5. The number of carboxylic acid groups (broad SMARTS) is 4. The molecule has 2 aromatic carbocycles. The fourth-order valence-corrected chi connectivity index (χ4v) is 11.0. The van der Waals surface area contributed by atoms with E-state index in [-0.39, 0.29) is 82.2 Å². The lowest BCUT2D eigenvalue weighted by atomic mass is 9.91. The smallest absolute Gasteiger partial charge is 0.305 e. The quantitative estimate of drug-likeness (QED) is 0.0145. The summed E-state index contributed by atoms with van der Waals surface area (Å²) in [5, 5.41) is 86.3. The zero-order valence-electron chi connectivity index (χ0n) is 60.9. The molecule has 0 bridgehead atoms. The predicted octanol–water partition coefficient (Wildman–Crippen LogP) is -4.19. The zero-order chi connectivity index (χ0) is 80.2. The number of rotatable bonds is 42. The molecule has 1 saturated heterocycles. The van der Waals surface area contributed by atoms with Gasteiger partial charge >= 0.3 is 23.9 Å². The average molecular weight is 1520 g/mol. The van der Waals surface area contributed by atoms with Crippen LogP contribution in [0, 0.1) is 22.7 Å². The van der Waals surface area contributed by atoms with Crippen molar-refractivity contribution < 1.29 is 97.1 Å². The zero-order valence-corrected chi connectivity index (χ0v) is 60.9. The third-order valence-electron chi connectivity index (χ3n) is 16.5. The molecule has 4 rings (SSSR count). The van der Waals surface area contributed by atoms with Crippen LogP contribution < -0.4 is 80.6 Å². The number of carbonyl (C=O) groups is 16. The van der Waals surface area contributed by atoms with Crippen LogP contribution in [0.1, 0.15) is 128 Å². The number of nitrogens with two attached hydrogens (primary N) is 2. The van der Waals surface area contributed by atoms with Gasteiger partial charge in [-0.25, -0.2) is 0 Å². The number of aromatic nitrogens is 3. The molecule has 1 aliphatic heterocycles. The number of amides is 12. The standard InChI is InChI=1S/C69H101N19O20/c1-38(2)26-46(83-66(107)48(28-40-18-10-7-11-19-40)79-52(89)35-76-59(100)43(70)30-42-37-88(87-86-42)25-15-22-69(3,4)5)61(102)75-34-41(29-54(91)92)58(99)82-51(33-57(97)98)67(108)85-49(31-55(93)94)60(101)73-23-13-12-20-44-63(104)80-45(21-14-24-74-68(71)72)64(105)84-50(32-56(95)96)62(103)77-36-53(90)78-47(65(106)81-44)27-39-16-8-6-9-17-39/h6-11,16-19,37-38,41,43-51H,12-15,20-36,70H2,1-5H3,(H,73,101)(H,75,102)(H,76,100)(H,77,103)(H,78,90)(H,79,89)(H,80,104)(H,81,106)(H,82,99)(H,83,107)(H,84,105)(H,85,108)(H,91,92)(H,93,94)(H,95,96)(H,97,98)(H4,71,72,74)/t41-,43?,44?,45?,46?,47-,48?,49+,50+,51+/m1/s1. The van der Waals surface area contributed by atoms with Crippen molar-refractivity contribution in [2.24, 2.45) is 28.7 Å². The second kappa shape index (κ2) is 45.0. The number of guanidine groups is 1. The van der Waals surface area contributed by atoms with Crippen LogP contribution in [-0.4, -0.2) is 223 Å². The molecule has 1 fully saturated rings. The Balaban J connectivity index is 1.46. The summed E-state index contributed by atoms with van der Waals surface area (Å²) in [5.74, 6) is -21.1. The van der Waals surface area contributed by atoms with E-state index in [0.717, 1.165) is 12.8 Å². The van der Waals surface area contributed by atoms with Gasteiger partial charge in [0.1, 0.15) is 48.3 Å². The molecular formula is C69H101N19O20. The van der Waals surface area contributed by atoms with Gasteiger partial charge in [-0.2, -0.15) is 0 Å². The molecule has 0 radical (unpaired) electrons. The van der Waals surface area contributed by atoms with Crippen LogP contribution in [0.2, 0.25) is 0 Å². The molecule has 10 atom stereocenters. The molecule has 1 aliphatic rings. The van der Waals surface area contributed by atoms with E-state index < -0.39 is 206 Å². The molecule has 39 heteroatoms. The molecule has 592 valence electrons. The second-order valence-corrected chi connectivity index (χ2v) is 27.6. The number of hydrogen-bond donors (Lipinski definition) is 20. The summed E-state index contributed by atoms with van der Waals surface area (Å²) < 4.78 is 1.65. The second-order valence-electron chi connectivity index (χ2n) is 27.6. The minimum Gasteiger partial charge on any atom is -0.481 e. The van der Waals surface area contributed by atoms with Gasteiger partial charge in [0.15, 0.2) is 5.96 Å². The fraction of sp³-hybridized carbons (Fsp3) is 0.551. The Morgan fingerprint density at radius 3 is 1.69 bits per heavy atom. The number of nitrogens with one attached hydrogen (secondary N) is 14. The van der Waals surface area contributed by atoms with Crippen LogP contribution in [0.15, 0.2) is 66.9 Å². The highest BCUT2D eigenvalue weighted by Crippen LogP contribution is 2.21. The van der Waals surface area contributed by atoms with Gasteiger partial charge in [-0.15, -0.1) is 5.10 Å². The highest BCUT2D eigenvalue weighted by atomic mass is 16.4. The van der Waals surface area contributed by atoms with Gasteiger partial charge in [0.05, 0.1) is 56.4 Å². The topological polar surface area (TPSA) is 617 Å². The maximum absolute atomic E-state index is 14.3. The van der Waals surface area contributed by atoms with Gasteiger partial charge in [0.2, 0.25) is 70.9 Å². The minimum atomic E-state index is -2.12. The van der Waals surface area contributed by atoms with Gasteiger partial charge in [0.25, 0.3) is 0 Å². The lowest BCUT2D eigenvalue weighted by molar-refractivity contribution is -0.144. The van der Waals surface area contributed by atoms with Crippen molar-refractivity contribution in [3.8, 4) is 0 Å². The van der Waals surface area contributed by atoms with Crippen LogP contribution >= 0.6 is 0 Å². The number of hydrogen-bond acceptors (Lipinski definition) is 20. The Labute approximate surface area is 622 Å². The van der Waals surface area contributed by atoms with E-state index in [0.29, 0.717) is 23.4 Å². The van der Waals surface area contributed by atoms with E-state index in [4.69, 9.17) is 16.9 Å². The lowest BCUT2D eigenvalue weighted by Crippen LogP contribution is -2.58. The molecule has 5 unspecified atom stereocenters. The monoisotopic (exact) mass is 1520 g/mol. The van der Waals surface area contributed by atoms with E-state index >= 15 is 0 Å². The molecule has 39 nitrogen and oxygen atoms in total. The number of aryl methyl sites for hydroxylation is 1. The van der Waals surface area contributed by atoms with E-state index in [1.54, 1.807) is 85.4 Å². The Morgan fingerprint density at radius 2 is 1.11 bits per heavy atom. The number of unbranched alkanes of at least 4 members (excludes halogenated alkanes) is 1. The summed E-state index contributed by atoms with van der Waals surface area (Å²) in [6.45, 7) is 7.90. The van der Waals surface area contributed by atoms with Crippen LogP contribution in [0.3, 0.4) is 0 Å². The SMILES string of the molecule is CC(C)CC(NC(=O)C(Cc1ccccc1)NC(=O)CNC(=O)C(N)Cc1cn(CCCC(C)(C)C)nn1)C(=O)NC[C@@H](CC(=O)O)C(=O)N[C@@H](CC(=O)O)C(=O)N[C@@H](CC(=O)O)C(=O)NCCCCC1NC(=O)[C@@H](Cc2ccccc2)NC(=O)CNC(=O)[C@H](CC(=O)O)NC(=O)C(CCCNC(=N)N)NC1=O. The Morgan fingerprint density at radius 1 is 0.574 bits per heavy atom. The Bertz CT molecular complexity index is 3630. The van der Waals surface area contributed by atoms with Crippen molar-refractivity contribution >= 4 is 101 Å². The van der Waals surface area contributed by atoms with Crippen molar-refractivity contribution in [2.45, 2.75) is 192 Å². The molecule has 0 spiro atoms. The van der Waals surface area contributed by atoms with E-state index in [2.05, 4.69) is 100 Å². The van der Waals surface area contributed by atoms with Crippen LogP contribution in [0.4, 0.5) is 0 Å². The maximum atomic E-state index is 14.3. The van der Waals surface area contributed by atoms with Crippen LogP contribution in [0.5, 0.6) is 0 Å².